The van der Waals surface area contributed by atoms with Gasteiger partial charge in [0.1, 0.15) is 11.5 Å². The number of esters is 1. The number of para-hydroxylation sites is 1. The fourth-order valence-corrected chi connectivity index (χ4v) is 3.47. The largest absolute Gasteiger partial charge is 0.497 e. The number of carbonyl (C=O) groups excluding carboxylic acids is 1. The van der Waals surface area contributed by atoms with Crippen molar-refractivity contribution >= 4 is 11.7 Å². The smallest absolute Gasteiger partial charge is 0.336 e. The van der Waals surface area contributed by atoms with Gasteiger partial charge < -0.3 is 19.1 Å². The average Bonchev–Trinajstić information content (AvgIpc) is 2.73. The Morgan fingerprint density at radius 1 is 1.07 bits per heavy atom. The number of ether oxygens (including phenoxy) is 3. The van der Waals surface area contributed by atoms with E-state index in [-0.39, 0.29) is 5.97 Å². The molecular formula is C22H27NO4. The minimum atomic E-state index is -1.10. The molecule has 0 spiro atoms. The standard InChI is InChI=1S/C22H27NO4/c1-6-16-22(21(24)27-5,19-10-8-9-11-20(19)26-4)23(7-2)17-12-14-18(25-3)15-13-17/h6,8-15H,1,7,16H2,2-5H3. The maximum atomic E-state index is 13.2. The van der Waals surface area contributed by atoms with E-state index in [0.29, 0.717) is 18.7 Å². The van der Waals surface area contributed by atoms with Crippen molar-refractivity contribution in [3.8, 4) is 11.5 Å². The molecule has 2 aromatic rings. The molecule has 0 aliphatic heterocycles. The topological polar surface area (TPSA) is 48.0 Å². The Morgan fingerprint density at radius 3 is 2.26 bits per heavy atom. The molecule has 0 radical (unpaired) electrons. The molecule has 1 atom stereocenters. The van der Waals surface area contributed by atoms with E-state index in [4.69, 9.17) is 14.2 Å². The first-order chi connectivity index (χ1) is 13.1. The Balaban J connectivity index is 2.75. The molecule has 0 saturated carbocycles. The summed E-state index contributed by atoms with van der Waals surface area (Å²) < 4.78 is 16.1. The predicted molar refractivity (Wildman–Crippen MR) is 108 cm³/mol. The summed E-state index contributed by atoms with van der Waals surface area (Å²) in [5.74, 6) is 1.00. The van der Waals surface area contributed by atoms with Crippen LogP contribution in [0.4, 0.5) is 5.69 Å². The third-order valence-corrected chi connectivity index (χ3v) is 4.68. The molecule has 0 saturated heterocycles. The van der Waals surface area contributed by atoms with Crippen molar-refractivity contribution in [1.29, 1.82) is 0 Å². The van der Waals surface area contributed by atoms with Crippen molar-refractivity contribution in [3.63, 3.8) is 0 Å². The first-order valence-electron chi connectivity index (χ1n) is 8.83. The number of methoxy groups -OCH3 is 3. The van der Waals surface area contributed by atoms with Crippen LogP contribution in [-0.2, 0) is 15.1 Å². The predicted octanol–water partition coefficient (Wildman–Crippen LogP) is 4.17. The van der Waals surface area contributed by atoms with E-state index in [1.165, 1.54) is 7.11 Å². The highest BCUT2D eigenvalue weighted by Gasteiger charge is 2.47. The van der Waals surface area contributed by atoms with Crippen molar-refractivity contribution in [2.45, 2.75) is 18.9 Å². The number of nitrogens with zero attached hydrogens (tertiary/aromatic N) is 1. The second-order valence-corrected chi connectivity index (χ2v) is 5.99. The van der Waals surface area contributed by atoms with E-state index in [0.717, 1.165) is 17.0 Å². The van der Waals surface area contributed by atoms with Gasteiger partial charge in [-0.3, -0.25) is 0 Å². The summed E-state index contributed by atoms with van der Waals surface area (Å²) in [7, 11) is 4.62. The van der Waals surface area contributed by atoms with E-state index >= 15 is 0 Å². The first-order valence-corrected chi connectivity index (χ1v) is 8.83. The van der Waals surface area contributed by atoms with Gasteiger partial charge in [0, 0.05) is 24.2 Å². The van der Waals surface area contributed by atoms with Gasteiger partial charge in [-0.25, -0.2) is 4.79 Å². The molecular weight excluding hydrogens is 342 g/mol. The SMILES string of the molecule is C=CCC(C(=O)OC)(c1ccccc1OC)N(CC)c1ccc(OC)cc1. The van der Waals surface area contributed by atoms with Crippen LogP contribution in [0, 0.1) is 0 Å². The van der Waals surface area contributed by atoms with Crippen molar-refractivity contribution in [3.05, 3.63) is 66.7 Å². The second kappa shape index (κ2) is 9.12. The summed E-state index contributed by atoms with van der Waals surface area (Å²) >= 11 is 0. The normalized spacial score (nSPS) is 12.6. The Labute approximate surface area is 161 Å². The van der Waals surface area contributed by atoms with Crippen molar-refractivity contribution in [2.75, 3.05) is 32.8 Å². The van der Waals surface area contributed by atoms with Crippen molar-refractivity contribution in [2.24, 2.45) is 0 Å². The van der Waals surface area contributed by atoms with Gasteiger partial charge in [0.05, 0.1) is 21.3 Å². The van der Waals surface area contributed by atoms with Gasteiger partial charge in [0.25, 0.3) is 0 Å². The second-order valence-electron chi connectivity index (χ2n) is 5.99. The van der Waals surface area contributed by atoms with Crippen LogP contribution in [0.25, 0.3) is 0 Å². The molecule has 0 aliphatic carbocycles. The van der Waals surface area contributed by atoms with Crippen LogP contribution in [0.5, 0.6) is 11.5 Å². The summed E-state index contributed by atoms with van der Waals surface area (Å²) in [5.41, 5.74) is 0.500. The molecule has 2 aromatic carbocycles. The van der Waals surface area contributed by atoms with Gasteiger partial charge in [-0.15, -0.1) is 6.58 Å². The van der Waals surface area contributed by atoms with Gasteiger partial charge >= 0.3 is 5.97 Å². The van der Waals surface area contributed by atoms with E-state index < -0.39 is 5.54 Å². The Kier molecular flexibility index (Phi) is 6.88. The molecule has 0 heterocycles. The lowest BCUT2D eigenvalue weighted by Crippen LogP contribution is -2.53. The van der Waals surface area contributed by atoms with Crippen molar-refractivity contribution in [1.82, 2.24) is 0 Å². The van der Waals surface area contributed by atoms with Crippen LogP contribution in [0.1, 0.15) is 18.9 Å². The maximum Gasteiger partial charge on any atom is 0.336 e. The van der Waals surface area contributed by atoms with Gasteiger partial charge in [-0.1, -0.05) is 24.3 Å². The fraction of sp³-hybridized carbons (Fsp3) is 0.318. The van der Waals surface area contributed by atoms with Crippen molar-refractivity contribution < 1.29 is 19.0 Å². The van der Waals surface area contributed by atoms with Crippen LogP contribution < -0.4 is 14.4 Å². The molecule has 5 heteroatoms. The highest BCUT2D eigenvalue weighted by atomic mass is 16.5. The summed E-state index contributed by atoms with van der Waals surface area (Å²) in [6, 6.07) is 15.1. The monoisotopic (exact) mass is 369 g/mol. The van der Waals surface area contributed by atoms with E-state index in [1.54, 1.807) is 20.3 Å². The molecule has 0 fully saturated rings. The molecule has 0 bridgehead atoms. The Bertz CT molecular complexity index is 772. The molecule has 27 heavy (non-hydrogen) atoms. The molecule has 144 valence electrons. The summed E-state index contributed by atoms with van der Waals surface area (Å²) in [6.45, 7) is 6.46. The highest BCUT2D eigenvalue weighted by Crippen LogP contribution is 2.42. The minimum absolute atomic E-state index is 0.361. The molecule has 0 aromatic heterocycles. The zero-order valence-corrected chi connectivity index (χ0v) is 16.4. The van der Waals surface area contributed by atoms with Crippen LogP contribution in [-0.4, -0.2) is 33.8 Å². The van der Waals surface area contributed by atoms with Gasteiger partial charge in [-0.05, 0) is 37.3 Å². The zero-order chi connectivity index (χ0) is 19.9. The van der Waals surface area contributed by atoms with E-state index in [2.05, 4.69) is 6.58 Å². The fourth-order valence-electron chi connectivity index (χ4n) is 3.47. The number of likely N-dealkylation sites (N-methyl/N-ethyl adjacent to an activating group) is 1. The number of rotatable bonds is 9. The summed E-state index contributed by atoms with van der Waals surface area (Å²) in [5, 5.41) is 0. The molecule has 2 rings (SSSR count). The molecule has 0 amide bonds. The lowest BCUT2D eigenvalue weighted by atomic mass is 9.83. The first kappa shape index (κ1) is 20.4. The maximum absolute atomic E-state index is 13.2. The quantitative estimate of drug-likeness (QED) is 0.490. The molecule has 0 aliphatic rings. The number of anilines is 1. The third-order valence-electron chi connectivity index (χ3n) is 4.68. The van der Waals surface area contributed by atoms with Crippen LogP contribution in [0.15, 0.2) is 61.2 Å². The average molecular weight is 369 g/mol. The molecule has 5 nitrogen and oxygen atoms in total. The number of hydrogen-bond acceptors (Lipinski definition) is 5. The minimum Gasteiger partial charge on any atom is -0.497 e. The van der Waals surface area contributed by atoms with Crippen LogP contribution in [0.3, 0.4) is 0 Å². The summed E-state index contributed by atoms with van der Waals surface area (Å²) in [4.78, 5) is 15.2. The Morgan fingerprint density at radius 2 is 1.74 bits per heavy atom. The lowest BCUT2D eigenvalue weighted by Gasteiger charge is -2.43. The van der Waals surface area contributed by atoms with Crippen LogP contribution >= 0.6 is 0 Å². The summed E-state index contributed by atoms with van der Waals surface area (Å²) in [6.07, 6.45) is 2.09. The number of carbonyl (C=O) groups is 1. The zero-order valence-electron chi connectivity index (χ0n) is 16.4. The highest BCUT2D eigenvalue weighted by molar-refractivity contribution is 5.88. The van der Waals surface area contributed by atoms with Gasteiger partial charge in [0.2, 0.25) is 0 Å². The van der Waals surface area contributed by atoms with E-state index in [9.17, 15) is 4.79 Å². The van der Waals surface area contributed by atoms with Gasteiger partial charge in [-0.2, -0.15) is 0 Å². The lowest BCUT2D eigenvalue weighted by molar-refractivity contribution is -0.147. The number of hydrogen-bond donors (Lipinski definition) is 0. The van der Waals surface area contributed by atoms with Crippen LogP contribution in [0.2, 0.25) is 0 Å². The number of benzene rings is 2. The molecule has 1 unspecified atom stereocenters. The molecule has 0 N–H and O–H groups in total. The Hall–Kier alpha value is -2.95. The third kappa shape index (κ3) is 3.77. The van der Waals surface area contributed by atoms with Gasteiger partial charge in [0.15, 0.2) is 5.54 Å². The van der Waals surface area contributed by atoms with E-state index in [1.807, 2.05) is 60.4 Å².